The van der Waals surface area contributed by atoms with Crippen LogP contribution in [0.4, 0.5) is 0 Å². The van der Waals surface area contributed by atoms with Crippen molar-refractivity contribution in [1.29, 1.82) is 0 Å². The van der Waals surface area contributed by atoms with E-state index in [-0.39, 0.29) is 17.4 Å². The summed E-state index contributed by atoms with van der Waals surface area (Å²) >= 11 is 0. The molecule has 1 aliphatic heterocycles. The molecule has 0 spiro atoms. The van der Waals surface area contributed by atoms with Gasteiger partial charge in [-0.2, -0.15) is 0 Å². The van der Waals surface area contributed by atoms with Crippen LogP contribution in [-0.2, 0) is 4.74 Å². The molecule has 0 bridgehead atoms. The second-order valence-electron chi connectivity index (χ2n) is 8.04. The molecule has 1 amide bonds. The maximum atomic E-state index is 12.8. The zero-order valence-electron chi connectivity index (χ0n) is 17.4. The Labute approximate surface area is 176 Å². The first-order valence-corrected chi connectivity index (χ1v) is 10.2. The van der Waals surface area contributed by atoms with Crippen LogP contribution in [0.15, 0.2) is 60.8 Å². The Balaban J connectivity index is 1.51. The molecular weight excluding hydrogens is 378 g/mol. The molecule has 1 fully saturated rings. The van der Waals surface area contributed by atoms with Gasteiger partial charge in [0.05, 0.1) is 5.52 Å². The lowest BCUT2D eigenvalue weighted by atomic mass is 9.88. The van der Waals surface area contributed by atoms with Crippen molar-refractivity contribution in [3.05, 3.63) is 71.9 Å². The highest BCUT2D eigenvalue weighted by Crippen LogP contribution is 2.25. The summed E-state index contributed by atoms with van der Waals surface area (Å²) in [4.78, 5) is 27.8. The first-order valence-electron chi connectivity index (χ1n) is 10.2. The summed E-state index contributed by atoms with van der Waals surface area (Å²) in [7, 11) is 4.10. The van der Waals surface area contributed by atoms with Gasteiger partial charge in [-0.3, -0.25) is 14.2 Å². The van der Waals surface area contributed by atoms with E-state index in [1.165, 1.54) is 0 Å². The summed E-state index contributed by atoms with van der Waals surface area (Å²) < 4.78 is 7.12. The summed E-state index contributed by atoms with van der Waals surface area (Å²) in [5, 5.41) is 3.96. The predicted octanol–water partition coefficient (Wildman–Crippen LogP) is 3.17. The molecule has 30 heavy (non-hydrogen) atoms. The summed E-state index contributed by atoms with van der Waals surface area (Å²) in [5.41, 5.74) is 1.92. The van der Waals surface area contributed by atoms with Crippen LogP contribution in [0, 0.1) is 0 Å². The largest absolute Gasteiger partial charge is 0.381 e. The Bertz CT molecular complexity index is 1050. The van der Waals surface area contributed by atoms with Gasteiger partial charge in [0, 0.05) is 48.0 Å². The van der Waals surface area contributed by atoms with Gasteiger partial charge in [-0.25, -0.2) is 0 Å². The zero-order chi connectivity index (χ0) is 21.1. The number of carbonyl (C=O) groups excluding carboxylic acids is 2. The van der Waals surface area contributed by atoms with E-state index in [1.54, 1.807) is 29.0 Å². The normalized spacial score (nSPS) is 16.0. The highest BCUT2D eigenvalue weighted by Gasteiger charge is 2.35. The molecule has 2 heterocycles. The van der Waals surface area contributed by atoms with E-state index in [0.717, 1.165) is 23.7 Å². The van der Waals surface area contributed by atoms with E-state index in [0.29, 0.717) is 30.9 Å². The Morgan fingerprint density at radius 1 is 1.03 bits per heavy atom. The summed E-state index contributed by atoms with van der Waals surface area (Å²) in [6.45, 7) is 2.00. The van der Waals surface area contributed by atoms with Gasteiger partial charge in [-0.15, -0.1) is 0 Å². The standard InChI is InChI=1S/C24H27N3O3/c1-26(2)24(11-14-30-15-12-24)17-25-22(28)20-8-9-21-19(16-20)10-13-27(21)23(29)18-6-4-3-5-7-18/h3-10,13,16H,11-12,14-15,17H2,1-2H3,(H,25,28). The number of nitrogens with zero attached hydrogens (tertiary/aromatic N) is 2. The highest BCUT2D eigenvalue weighted by molar-refractivity contribution is 6.04. The number of fused-ring (bicyclic) bond motifs is 1. The lowest BCUT2D eigenvalue weighted by Crippen LogP contribution is -2.55. The van der Waals surface area contributed by atoms with Crippen LogP contribution in [0.25, 0.3) is 10.9 Å². The average Bonchev–Trinajstić information content (AvgIpc) is 3.21. The van der Waals surface area contributed by atoms with E-state index in [1.807, 2.05) is 36.4 Å². The van der Waals surface area contributed by atoms with Crippen LogP contribution in [0.3, 0.4) is 0 Å². The molecule has 6 nitrogen and oxygen atoms in total. The minimum absolute atomic E-state index is 0.0799. The van der Waals surface area contributed by atoms with Crippen molar-refractivity contribution in [3.63, 3.8) is 0 Å². The quantitative estimate of drug-likeness (QED) is 0.708. The number of benzene rings is 2. The molecule has 3 aromatic rings. The van der Waals surface area contributed by atoms with E-state index in [9.17, 15) is 9.59 Å². The summed E-state index contributed by atoms with van der Waals surface area (Å²) in [6.07, 6.45) is 3.54. The second-order valence-corrected chi connectivity index (χ2v) is 8.04. The number of likely N-dealkylation sites (N-methyl/N-ethyl adjacent to an activating group) is 1. The van der Waals surface area contributed by atoms with Gasteiger partial charge in [-0.1, -0.05) is 18.2 Å². The lowest BCUT2D eigenvalue weighted by molar-refractivity contribution is -0.00657. The first-order chi connectivity index (χ1) is 14.5. The summed E-state index contributed by atoms with van der Waals surface area (Å²) in [6, 6.07) is 16.5. The van der Waals surface area contributed by atoms with Gasteiger partial charge in [0.2, 0.25) is 0 Å². The molecule has 1 aliphatic rings. The number of carbonyl (C=O) groups is 2. The fourth-order valence-electron chi connectivity index (χ4n) is 4.06. The minimum Gasteiger partial charge on any atom is -0.381 e. The SMILES string of the molecule is CN(C)C1(CNC(=O)c2ccc3c(ccn3C(=O)c3ccccc3)c2)CCOCC1. The van der Waals surface area contributed by atoms with E-state index >= 15 is 0 Å². The van der Waals surface area contributed by atoms with Gasteiger partial charge in [0.25, 0.3) is 11.8 Å². The molecular formula is C24H27N3O3. The molecule has 0 unspecified atom stereocenters. The molecule has 0 aliphatic carbocycles. The molecule has 0 radical (unpaired) electrons. The highest BCUT2D eigenvalue weighted by atomic mass is 16.5. The number of rotatable bonds is 5. The maximum absolute atomic E-state index is 12.8. The topological polar surface area (TPSA) is 63.6 Å². The Morgan fingerprint density at radius 3 is 2.47 bits per heavy atom. The molecule has 4 rings (SSSR count). The molecule has 1 N–H and O–H groups in total. The van der Waals surface area contributed by atoms with Crippen molar-refractivity contribution in [1.82, 2.24) is 14.8 Å². The number of nitrogens with one attached hydrogen (secondary N) is 1. The Morgan fingerprint density at radius 2 is 1.77 bits per heavy atom. The van der Waals surface area contributed by atoms with Gasteiger partial charge in [0.15, 0.2) is 0 Å². The van der Waals surface area contributed by atoms with Crippen LogP contribution >= 0.6 is 0 Å². The number of hydrogen-bond donors (Lipinski definition) is 1. The molecule has 0 atom stereocenters. The van der Waals surface area contributed by atoms with Crippen LogP contribution in [0.1, 0.15) is 33.6 Å². The van der Waals surface area contributed by atoms with E-state index in [2.05, 4.69) is 24.3 Å². The van der Waals surface area contributed by atoms with Crippen molar-refractivity contribution in [2.45, 2.75) is 18.4 Å². The number of ether oxygens (including phenoxy) is 1. The van der Waals surface area contributed by atoms with Gasteiger partial charge in [-0.05, 0) is 63.3 Å². The third-order valence-corrected chi connectivity index (χ3v) is 6.14. The van der Waals surface area contributed by atoms with Gasteiger partial charge in [0.1, 0.15) is 0 Å². The fourth-order valence-corrected chi connectivity index (χ4v) is 4.06. The van der Waals surface area contributed by atoms with Crippen LogP contribution < -0.4 is 5.32 Å². The van der Waals surface area contributed by atoms with Crippen molar-refractivity contribution in [2.75, 3.05) is 33.9 Å². The Hall–Kier alpha value is -2.96. The van der Waals surface area contributed by atoms with E-state index in [4.69, 9.17) is 4.74 Å². The molecule has 1 saturated heterocycles. The fraction of sp³-hybridized carbons (Fsp3) is 0.333. The minimum atomic E-state index is -0.105. The van der Waals surface area contributed by atoms with Gasteiger partial charge < -0.3 is 15.0 Å². The summed E-state index contributed by atoms with van der Waals surface area (Å²) in [5.74, 6) is -0.193. The zero-order valence-corrected chi connectivity index (χ0v) is 17.4. The van der Waals surface area contributed by atoms with Crippen LogP contribution in [0.5, 0.6) is 0 Å². The average molecular weight is 405 g/mol. The molecule has 6 heteroatoms. The van der Waals surface area contributed by atoms with Crippen molar-refractivity contribution < 1.29 is 14.3 Å². The van der Waals surface area contributed by atoms with Crippen molar-refractivity contribution in [3.8, 4) is 0 Å². The third kappa shape index (κ3) is 3.88. The Kier molecular flexibility index (Phi) is 5.70. The first kappa shape index (κ1) is 20.3. The smallest absolute Gasteiger partial charge is 0.262 e. The molecule has 0 saturated carbocycles. The number of amides is 1. The van der Waals surface area contributed by atoms with Crippen molar-refractivity contribution in [2.24, 2.45) is 0 Å². The lowest BCUT2D eigenvalue weighted by Gasteiger charge is -2.42. The maximum Gasteiger partial charge on any atom is 0.262 e. The molecule has 156 valence electrons. The second kappa shape index (κ2) is 8.42. The predicted molar refractivity (Wildman–Crippen MR) is 117 cm³/mol. The molecule has 2 aromatic carbocycles. The molecule has 1 aromatic heterocycles. The van der Waals surface area contributed by atoms with E-state index < -0.39 is 0 Å². The number of aromatic nitrogens is 1. The van der Waals surface area contributed by atoms with Crippen molar-refractivity contribution >= 4 is 22.7 Å². The van der Waals surface area contributed by atoms with Gasteiger partial charge >= 0.3 is 0 Å². The van der Waals surface area contributed by atoms with Crippen LogP contribution in [0.2, 0.25) is 0 Å². The van der Waals surface area contributed by atoms with Crippen LogP contribution in [-0.4, -0.2) is 60.7 Å². The third-order valence-electron chi connectivity index (χ3n) is 6.14. The monoisotopic (exact) mass is 405 g/mol. The number of hydrogen-bond acceptors (Lipinski definition) is 4.